The van der Waals surface area contributed by atoms with Crippen LogP contribution in [0.3, 0.4) is 0 Å². The normalized spacial score (nSPS) is 11.4. The Morgan fingerprint density at radius 1 is 1.39 bits per heavy atom. The molecule has 0 fully saturated rings. The first kappa shape index (κ1) is 15.3. The Labute approximate surface area is 119 Å². The third-order valence-corrected chi connectivity index (χ3v) is 3.07. The fourth-order valence-corrected chi connectivity index (χ4v) is 2.05. The van der Waals surface area contributed by atoms with Crippen molar-refractivity contribution in [1.29, 1.82) is 0 Å². The number of rotatable bonds is 7. The number of benzene rings is 1. The molecule has 100 valence electrons. The van der Waals surface area contributed by atoms with Crippen LogP contribution in [-0.4, -0.2) is 13.2 Å². The summed E-state index contributed by atoms with van der Waals surface area (Å²) in [5.41, 5.74) is 1.26. The van der Waals surface area contributed by atoms with Gasteiger partial charge in [0.25, 0.3) is 0 Å². The van der Waals surface area contributed by atoms with Crippen LogP contribution in [0, 0.1) is 5.92 Å². The van der Waals surface area contributed by atoms with Crippen molar-refractivity contribution in [2.75, 3.05) is 13.2 Å². The predicted octanol–water partition coefficient (Wildman–Crippen LogP) is 4.15. The van der Waals surface area contributed by atoms with Gasteiger partial charge < -0.3 is 10.1 Å². The van der Waals surface area contributed by atoms with Crippen LogP contribution in [0.4, 0.5) is 0 Å². The van der Waals surface area contributed by atoms with Gasteiger partial charge in [-0.05, 0) is 53.0 Å². The molecule has 1 aromatic rings. The standard InChI is InChI=1S/C15H22BrNO/c1-4-5-8-18-15-7-6-13(9-14(15)16)11-17-10-12(2)3/h4-7,9,12,17H,8,10-11H2,1-3H3/b5-4+. The lowest BCUT2D eigenvalue weighted by Gasteiger charge is -2.10. The molecule has 0 aliphatic heterocycles. The van der Waals surface area contributed by atoms with Gasteiger partial charge in [0, 0.05) is 6.54 Å². The largest absolute Gasteiger partial charge is 0.488 e. The van der Waals surface area contributed by atoms with Gasteiger partial charge in [-0.2, -0.15) is 0 Å². The minimum atomic E-state index is 0.611. The summed E-state index contributed by atoms with van der Waals surface area (Å²) < 4.78 is 6.63. The van der Waals surface area contributed by atoms with Crippen molar-refractivity contribution in [2.45, 2.75) is 27.3 Å². The summed E-state index contributed by atoms with van der Waals surface area (Å²) in [5, 5.41) is 3.43. The van der Waals surface area contributed by atoms with Crippen molar-refractivity contribution < 1.29 is 4.74 Å². The number of ether oxygens (including phenoxy) is 1. The monoisotopic (exact) mass is 311 g/mol. The second kappa shape index (κ2) is 8.33. The molecule has 0 aliphatic rings. The van der Waals surface area contributed by atoms with E-state index in [0.717, 1.165) is 23.3 Å². The molecule has 18 heavy (non-hydrogen) atoms. The number of hydrogen-bond donors (Lipinski definition) is 1. The van der Waals surface area contributed by atoms with Gasteiger partial charge in [-0.25, -0.2) is 0 Å². The quantitative estimate of drug-likeness (QED) is 0.764. The Balaban J connectivity index is 2.50. The van der Waals surface area contributed by atoms with E-state index in [0.29, 0.717) is 12.5 Å². The van der Waals surface area contributed by atoms with Crippen molar-refractivity contribution in [2.24, 2.45) is 5.92 Å². The van der Waals surface area contributed by atoms with E-state index in [4.69, 9.17) is 4.74 Å². The van der Waals surface area contributed by atoms with Crippen molar-refractivity contribution in [3.8, 4) is 5.75 Å². The van der Waals surface area contributed by atoms with E-state index < -0.39 is 0 Å². The van der Waals surface area contributed by atoms with Crippen molar-refractivity contribution in [3.05, 3.63) is 40.4 Å². The Bertz CT molecular complexity index is 388. The van der Waals surface area contributed by atoms with Crippen LogP contribution in [0.5, 0.6) is 5.75 Å². The van der Waals surface area contributed by atoms with Crippen molar-refractivity contribution >= 4 is 15.9 Å². The summed E-state index contributed by atoms with van der Waals surface area (Å²) in [5.74, 6) is 1.57. The Hall–Kier alpha value is -0.800. The highest BCUT2D eigenvalue weighted by atomic mass is 79.9. The fourth-order valence-electron chi connectivity index (χ4n) is 1.51. The fraction of sp³-hybridized carbons (Fsp3) is 0.467. The van der Waals surface area contributed by atoms with Crippen molar-refractivity contribution in [1.82, 2.24) is 5.32 Å². The van der Waals surface area contributed by atoms with Gasteiger partial charge in [-0.3, -0.25) is 0 Å². The molecule has 3 heteroatoms. The number of allylic oxidation sites excluding steroid dienone is 1. The summed E-state index contributed by atoms with van der Waals surface area (Å²) in [7, 11) is 0. The summed E-state index contributed by atoms with van der Waals surface area (Å²) in [6, 6.07) is 6.22. The summed E-state index contributed by atoms with van der Waals surface area (Å²) in [4.78, 5) is 0. The molecule has 0 amide bonds. The van der Waals surface area contributed by atoms with E-state index in [-0.39, 0.29) is 0 Å². The maximum absolute atomic E-state index is 5.62. The van der Waals surface area contributed by atoms with Gasteiger partial charge in [0.2, 0.25) is 0 Å². The highest BCUT2D eigenvalue weighted by Gasteiger charge is 2.02. The number of halogens is 1. The van der Waals surface area contributed by atoms with E-state index in [2.05, 4.69) is 47.2 Å². The predicted molar refractivity (Wildman–Crippen MR) is 81.0 cm³/mol. The third-order valence-electron chi connectivity index (χ3n) is 2.45. The molecule has 0 unspecified atom stereocenters. The molecule has 2 nitrogen and oxygen atoms in total. The molecule has 0 atom stereocenters. The molecule has 0 aliphatic carbocycles. The number of hydrogen-bond acceptors (Lipinski definition) is 2. The van der Waals surface area contributed by atoms with Gasteiger partial charge in [0.05, 0.1) is 4.47 Å². The lowest BCUT2D eigenvalue weighted by Crippen LogP contribution is -2.18. The summed E-state index contributed by atoms with van der Waals surface area (Å²) in [6.45, 7) is 8.95. The van der Waals surface area contributed by atoms with Crippen LogP contribution >= 0.6 is 15.9 Å². The Kier molecular flexibility index (Phi) is 7.06. The molecule has 0 spiro atoms. The second-order valence-electron chi connectivity index (χ2n) is 4.67. The molecule has 0 bridgehead atoms. The smallest absolute Gasteiger partial charge is 0.133 e. The minimum Gasteiger partial charge on any atom is -0.488 e. The molecular formula is C15H22BrNO. The van der Waals surface area contributed by atoms with Crippen LogP contribution in [0.25, 0.3) is 0 Å². The average molecular weight is 312 g/mol. The van der Waals surface area contributed by atoms with E-state index in [1.54, 1.807) is 0 Å². The molecule has 0 saturated carbocycles. The van der Waals surface area contributed by atoms with Crippen LogP contribution in [0.1, 0.15) is 26.3 Å². The SMILES string of the molecule is C/C=C/COc1ccc(CNCC(C)C)cc1Br. The Morgan fingerprint density at radius 3 is 2.78 bits per heavy atom. The Morgan fingerprint density at radius 2 is 2.17 bits per heavy atom. The molecule has 0 aromatic heterocycles. The lowest BCUT2D eigenvalue weighted by molar-refractivity contribution is 0.360. The average Bonchev–Trinajstić information content (AvgIpc) is 2.31. The first-order valence-electron chi connectivity index (χ1n) is 6.36. The zero-order chi connectivity index (χ0) is 13.4. The summed E-state index contributed by atoms with van der Waals surface area (Å²) >= 11 is 3.54. The second-order valence-corrected chi connectivity index (χ2v) is 5.52. The minimum absolute atomic E-state index is 0.611. The molecule has 1 aromatic carbocycles. The van der Waals surface area contributed by atoms with Gasteiger partial charge in [-0.15, -0.1) is 0 Å². The van der Waals surface area contributed by atoms with Gasteiger partial charge >= 0.3 is 0 Å². The molecule has 0 saturated heterocycles. The number of nitrogens with one attached hydrogen (secondary N) is 1. The molecule has 0 radical (unpaired) electrons. The maximum Gasteiger partial charge on any atom is 0.133 e. The van der Waals surface area contributed by atoms with Gasteiger partial charge in [-0.1, -0.05) is 32.1 Å². The zero-order valence-corrected chi connectivity index (χ0v) is 13.0. The molecule has 1 rings (SSSR count). The first-order valence-corrected chi connectivity index (χ1v) is 7.16. The van der Waals surface area contributed by atoms with Crippen LogP contribution in [0.2, 0.25) is 0 Å². The van der Waals surface area contributed by atoms with Gasteiger partial charge in [0.1, 0.15) is 12.4 Å². The van der Waals surface area contributed by atoms with E-state index in [1.165, 1.54) is 5.56 Å². The molecular weight excluding hydrogens is 290 g/mol. The van der Waals surface area contributed by atoms with E-state index in [9.17, 15) is 0 Å². The van der Waals surface area contributed by atoms with Crippen LogP contribution < -0.4 is 10.1 Å². The first-order chi connectivity index (χ1) is 8.63. The van der Waals surface area contributed by atoms with E-state index in [1.807, 2.05) is 25.1 Å². The topological polar surface area (TPSA) is 21.3 Å². The van der Waals surface area contributed by atoms with E-state index >= 15 is 0 Å². The van der Waals surface area contributed by atoms with Crippen LogP contribution in [0.15, 0.2) is 34.8 Å². The lowest BCUT2D eigenvalue weighted by atomic mass is 10.2. The van der Waals surface area contributed by atoms with Gasteiger partial charge in [0.15, 0.2) is 0 Å². The highest BCUT2D eigenvalue weighted by molar-refractivity contribution is 9.10. The maximum atomic E-state index is 5.62. The zero-order valence-electron chi connectivity index (χ0n) is 11.4. The molecule has 1 N–H and O–H groups in total. The third kappa shape index (κ3) is 5.69. The molecule has 0 heterocycles. The highest BCUT2D eigenvalue weighted by Crippen LogP contribution is 2.26. The van der Waals surface area contributed by atoms with Crippen molar-refractivity contribution in [3.63, 3.8) is 0 Å². The van der Waals surface area contributed by atoms with Crippen LogP contribution in [-0.2, 0) is 6.54 Å². The summed E-state index contributed by atoms with van der Waals surface area (Å²) in [6.07, 6.45) is 3.97.